The summed E-state index contributed by atoms with van der Waals surface area (Å²) in [6, 6.07) is 6.01. The number of nitrogens with one attached hydrogen (secondary N) is 1. The number of carbonyl (C=O) groups excluding carboxylic acids is 3. The zero-order valence-corrected chi connectivity index (χ0v) is 33.2. The summed E-state index contributed by atoms with van der Waals surface area (Å²) in [5, 5.41) is 12.2. The number of anilines is 2. The van der Waals surface area contributed by atoms with Crippen LogP contribution < -0.4 is 15.9 Å². The second kappa shape index (κ2) is 16.3. The molecular weight excluding hydrogens is 728 g/mol. The van der Waals surface area contributed by atoms with Gasteiger partial charge in [-0.25, -0.2) is 32.7 Å². The number of ether oxygens (including phenoxy) is 2. The fourth-order valence-electron chi connectivity index (χ4n) is 6.50. The molecule has 2 N–H and O–H groups in total. The van der Waals surface area contributed by atoms with E-state index in [1.807, 2.05) is 20.8 Å². The maximum atomic E-state index is 16.7. The maximum absolute atomic E-state index is 16.7. The first kappa shape index (κ1) is 41.6. The van der Waals surface area contributed by atoms with Crippen LogP contribution in [-0.4, -0.2) is 91.0 Å². The van der Waals surface area contributed by atoms with Gasteiger partial charge in [0.15, 0.2) is 11.5 Å². The highest BCUT2D eigenvalue weighted by molar-refractivity contribution is 6.37. The molecule has 0 aliphatic carbocycles. The third-order valence-electron chi connectivity index (χ3n) is 8.85. The average molecular weight is 778 g/mol. The van der Waals surface area contributed by atoms with Gasteiger partial charge < -0.3 is 29.7 Å². The SMILES string of the molecule is CC(C)c1nccc(CCCO)c1-n1c(=O)nc(N2CCN(C(=O)OC(C)(C)C)C[C@@H]2C)c2cc(F)c(-c3c(F)cccc3NC(=O)C(=O)OC(C)(C)C)nc21. The average Bonchev–Trinajstić information content (AvgIpc) is 3.09. The van der Waals surface area contributed by atoms with Crippen LogP contribution in [0.25, 0.3) is 28.0 Å². The highest BCUT2D eigenvalue weighted by Crippen LogP contribution is 2.37. The van der Waals surface area contributed by atoms with Crippen LogP contribution in [0.5, 0.6) is 0 Å². The molecule has 0 saturated carbocycles. The summed E-state index contributed by atoms with van der Waals surface area (Å²) in [4.78, 5) is 70.0. The van der Waals surface area contributed by atoms with Crippen LogP contribution in [0.15, 0.2) is 41.3 Å². The fraction of sp³-hybridized carbons (Fsp3) is 0.475. The molecule has 2 amide bonds. The summed E-state index contributed by atoms with van der Waals surface area (Å²) < 4.78 is 44.5. The number of hydrogen-bond acceptors (Lipinski definition) is 11. The summed E-state index contributed by atoms with van der Waals surface area (Å²) in [6.45, 7) is 16.1. The Morgan fingerprint density at radius 1 is 1.00 bits per heavy atom. The second-order valence-electron chi connectivity index (χ2n) is 16.0. The van der Waals surface area contributed by atoms with E-state index in [1.54, 1.807) is 63.6 Å². The Morgan fingerprint density at radius 2 is 1.70 bits per heavy atom. The molecule has 1 saturated heterocycles. The summed E-state index contributed by atoms with van der Waals surface area (Å²) >= 11 is 0. The standard InChI is InChI=1S/C40H49F2N7O7/c1-22(2)30-32(24(12-11-19-50)15-16-43-30)49-34-25(33(46-37(49)53)48-18-17-47(21-23(48)3)38(54)56-40(7,8)9)20-27(42)31(45-34)29-26(41)13-10-14-28(29)44-35(51)36(52)55-39(4,5)6/h10,13-16,20,22-23,50H,11-12,17-19,21H2,1-9H3,(H,44,51)/t23-/m0/s1. The van der Waals surface area contributed by atoms with Gasteiger partial charge in [-0.05, 0) is 97.1 Å². The van der Waals surface area contributed by atoms with Crippen LogP contribution in [-0.2, 0) is 25.5 Å². The number of amides is 2. The van der Waals surface area contributed by atoms with Crippen molar-refractivity contribution >= 4 is 40.5 Å². The lowest BCUT2D eigenvalue weighted by Gasteiger charge is -2.41. The van der Waals surface area contributed by atoms with E-state index in [4.69, 9.17) is 9.47 Å². The van der Waals surface area contributed by atoms with Crippen molar-refractivity contribution in [3.63, 3.8) is 0 Å². The topological polar surface area (TPSA) is 169 Å². The lowest BCUT2D eigenvalue weighted by atomic mass is 10.0. The predicted molar refractivity (Wildman–Crippen MR) is 207 cm³/mol. The van der Waals surface area contributed by atoms with E-state index in [9.17, 15) is 24.3 Å². The molecular formula is C40H49F2N7O7. The third-order valence-corrected chi connectivity index (χ3v) is 8.85. The van der Waals surface area contributed by atoms with Crippen molar-refractivity contribution in [1.29, 1.82) is 0 Å². The van der Waals surface area contributed by atoms with Gasteiger partial charge in [0.05, 0.1) is 28.0 Å². The number of rotatable bonds is 8. The zero-order chi connectivity index (χ0) is 41.3. The molecule has 3 aromatic heterocycles. The van der Waals surface area contributed by atoms with Crippen molar-refractivity contribution in [2.75, 3.05) is 36.5 Å². The van der Waals surface area contributed by atoms with E-state index >= 15 is 8.78 Å². The van der Waals surface area contributed by atoms with E-state index in [-0.39, 0.29) is 54.7 Å². The molecule has 300 valence electrons. The van der Waals surface area contributed by atoms with E-state index in [0.717, 1.165) is 12.1 Å². The molecule has 4 heterocycles. The van der Waals surface area contributed by atoms with Crippen molar-refractivity contribution < 1.29 is 37.7 Å². The number of benzene rings is 1. The predicted octanol–water partition coefficient (Wildman–Crippen LogP) is 5.90. The third kappa shape index (κ3) is 9.12. The number of nitrogens with zero attached hydrogens (tertiary/aromatic N) is 6. The van der Waals surface area contributed by atoms with Gasteiger partial charge >= 0.3 is 23.7 Å². The van der Waals surface area contributed by atoms with Crippen LogP contribution in [0, 0.1) is 11.6 Å². The Morgan fingerprint density at radius 3 is 2.32 bits per heavy atom. The molecule has 0 bridgehead atoms. The van der Waals surface area contributed by atoms with E-state index in [1.165, 1.54) is 16.7 Å². The zero-order valence-electron chi connectivity index (χ0n) is 33.2. The summed E-state index contributed by atoms with van der Waals surface area (Å²) in [7, 11) is 0. The lowest BCUT2D eigenvalue weighted by molar-refractivity contribution is -0.161. The van der Waals surface area contributed by atoms with Crippen molar-refractivity contribution in [3.8, 4) is 16.9 Å². The molecule has 1 aliphatic heterocycles. The molecule has 1 aliphatic rings. The van der Waals surface area contributed by atoms with Gasteiger partial charge in [-0.1, -0.05) is 19.9 Å². The van der Waals surface area contributed by atoms with Crippen LogP contribution in [0.4, 0.5) is 25.1 Å². The number of hydrogen-bond donors (Lipinski definition) is 2. The number of esters is 1. The van der Waals surface area contributed by atoms with E-state index in [0.29, 0.717) is 29.8 Å². The van der Waals surface area contributed by atoms with Crippen LogP contribution >= 0.6 is 0 Å². The smallest absolute Gasteiger partial charge is 0.410 e. The summed E-state index contributed by atoms with van der Waals surface area (Å²) in [6.07, 6.45) is 1.80. The van der Waals surface area contributed by atoms with Gasteiger partial charge in [0.1, 0.15) is 28.5 Å². The normalized spacial score (nSPS) is 15.0. The van der Waals surface area contributed by atoms with Crippen molar-refractivity contribution in [2.24, 2.45) is 0 Å². The first-order valence-electron chi connectivity index (χ1n) is 18.5. The molecule has 1 atom stereocenters. The molecule has 56 heavy (non-hydrogen) atoms. The van der Waals surface area contributed by atoms with E-state index in [2.05, 4.69) is 20.3 Å². The minimum atomic E-state index is -1.24. The summed E-state index contributed by atoms with van der Waals surface area (Å²) in [5.41, 5.74) is -2.42. The van der Waals surface area contributed by atoms with Crippen LogP contribution in [0.3, 0.4) is 0 Å². The van der Waals surface area contributed by atoms with Crippen LogP contribution in [0.1, 0.15) is 85.9 Å². The Labute approximate surface area is 323 Å². The minimum Gasteiger partial charge on any atom is -0.453 e. The molecule has 1 aromatic carbocycles. The number of aliphatic hydroxyl groups excluding tert-OH is 1. The molecule has 4 aromatic rings. The molecule has 0 unspecified atom stereocenters. The second-order valence-corrected chi connectivity index (χ2v) is 16.0. The van der Waals surface area contributed by atoms with Gasteiger partial charge in [-0.3, -0.25) is 9.78 Å². The van der Waals surface area contributed by atoms with Gasteiger partial charge in [0.25, 0.3) is 0 Å². The fourth-order valence-corrected chi connectivity index (χ4v) is 6.50. The number of aryl methyl sites for hydroxylation is 1. The van der Waals surface area contributed by atoms with Crippen molar-refractivity contribution in [3.05, 3.63) is 69.9 Å². The molecule has 5 rings (SSSR count). The number of fused-ring (bicyclic) bond motifs is 1. The first-order valence-corrected chi connectivity index (χ1v) is 18.5. The minimum absolute atomic E-state index is 0.0917. The number of piperazine rings is 1. The largest absolute Gasteiger partial charge is 0.453 e. The highest BCUT2D eigenvalue weighted by Gasteiger charge is 2.34. The molecule has 1 fully saturated rings. The number of aromatic nitrogens is 4. The monoisotopic (exact) mass is 777 g/mol. The Kier molecular flexibility index (Phi) is 12.1. The summed E-state index contributed by atoms with van der Waals surface area (Å²) in [5.74, 6) is -4.57. The van der Waals surface area contributed by atoms with Gasteiger partial charge in [0.2, 0.25) is 0 Å². The van der Waals surface area contributed by atoms with Gasteiger partial charge in [-0.2, -0.15) is 4.98 Å². The first-order chi connectivity index (χ1) is 26.2. The number of aliphatic hydroxyl groups is 1. The molecule has 0 spiro atoms. The quantitative estimate of drug-likeness (QED) is 0.162. The Balaban J connectivity index is 1.76. The number of carbonyl (C=O) groups is 3. The van der Waals surface area contributed by atoms with Crippen LogP contribution in [0.2, 0.25) is 0 Å². The van der Waals surface area contributed by atoms with Crippen molar-refractivity contribution in [2.45, 2.75) is 98.3 Å². The molecule has 14 nitrogen and oxygen atoms in total. The lowest BCUT2D eigenvalue weighted by Crippen LogP contribution is -2.55. The van der Waals surface area contributed by atoms with E-state index < -0.39 is 63.8 Å². The van der Waals surface area contributed by atoms with Crippen molar-refractivity contribution in [1.82, 2.24) is 24.4 Å². The molecule has 16 heteroatoms. The van der Waals surface area contributed by atoms with Gasteiger partial charge in [-0.15, -0.1) is 0 Å². The Bertz CT molecular complexity index is 2210. The Hall–Kier alpha value is -5.51. The maximum Gasteiger partial charge on any atom is 0.410 e. The molecule has 0 radical (unpaired) electrons. The highest BCUT2D eigenvalue weighted by atomic mass is 19.1. The number of pyridine rings is 2. The number of halogens is 2. The van der Waals surface area contributed by atoms with Gasteiger partial charge in [0, 0.05) is 38.5 Å².